The molecule has 0 saturated carbocycles. The number of benzene rings is 1. The lowest BCUT2D eigenvalue weighted by molar-refractivity contribution is -0.116. The minimum Gasteiger partial charge on any atom is -0.271 e. The maximum atomic E-state index is 11.7. The molecule has 1 atom stereocenters. The summed E-state index contributed by atoms with van der Waals surface area (Å²) in [6.07, 6.45) is 0. The molecule has 1 unspecified atom stereocenters. The fraction of sp³-hybridized carbons (Fsp3) is 0.200. The Morgan fingerprint density at radius 1 is 1.36 bits per heavy atom. The van der Waals surface area contributed by atoms with Crippen LogP contribution in [0.1, 0.15) is 6.92 Å². The second kappa shape index (κ2) is 3.68. The highest BCUT2D eigenvalue weighted by molar-refractivity contribution is 14.1. The molecule has 0 N–H and O–H groups in total. The van der Waals surface area contributed by atoms with E-state index in [0.29, 0.717) is 0 Å². The quantitative estimate of drug-likeness (QED) is 0.578. The Bertz CT molecular complexity index is 388. The Hall–Kier alpha value is -0.910. The normalized spacial score (nSPS) is 21.3. The van der Waals surface area contributed by atoms with Crippen molar-refractivity contribution < 1.29 is 4.79 Å². The molecule has 0 aliphatic carbocycles. The van der Waals surface area contributed by atoms with Crippen LogP contribution < -0.4 is 5.01 Å². The van der Waals surface area contributed by atoms with Crippen LogP contribution in [0.5, 0.6) is 0 Å². The van der Waals surface area contributed by atoms with Gasteiger partial charge in [-0.05, 0) is 19.1 Å². The molecule has 0 fully saturated rings. The Morgan fingerprint density at radius 3 is 2.50 bits per heavy atom. The average molecular weight is 300 g/mol. The number of halogens is 1. The monoisotopic (exact) mass is 300 g/mol. The highest BCUT2D eigenvalue weighted by Crippen LogP contribution is 2.23. The van der Waals surface area contributed by atoms with Gasteiger partial charge in [-0.3, -0.25) is 4.79 Å². The van der Waals surface area contributed by atoms with E-state index in [4.69, 9.17) is 0 Å². The van der Waals surface area contributed by atoms with Gasteiger partial charge in [0.15, 0.2) is 0 Å². The number of carbonyl (C=O) groups is 1. The summed E-state index contributed by atoms with van der Waals surface area (Å²) < 4.78 is -0.118. The molecule has 0 saturated heterocycles. The van der Waals surface area contributed by atoms with Crippen LogP contribution in [-0.4, -0.2) is 15.5 Å². The second-order valence-electron chi connectivity index (χ2n) is 3.09. The summed E-state index contributed by atoms with van der Waals surface area (Å²) in [5, 5.41) is 5.68. The van der Waals surface area contributed by atoms with Gasteiger partial charge in [0.25, 0.3) is 5.91 Å². The lowest BCUT2D eigenvalue weighted by atomic mass is 10.3. The average Bonchev–Trinajstić information content (AvgIpc) is 2.47. The van der Waals surface area contributed by atoms with E-state index in [1.54, 1.807) is 0 Å². The lowest BCUT2D eigenvalue weighted by Gasteiger charge is -2.11. The number of hydrazone groups is 1. The van der Waals surface area contributed by atoms with Crippen LogP contribution in [0.4, 0.5) is 5.69 Å². The largest absolute Gasteiger partial charge is 0.271 e. The fourth-order valence-corrected chi connectivity index (χ4v) is 1.69. The molecule has 1 aliphatic rings. The van der Waals surface area contributed by atoms with Gasteiger partial charge < -0.3 is 0 Å². The van der Waals surface area contributed by atoms with Gasteiger partial charge in [-0.15, -0.1) is 0 Å². The van der Waals surface area contributed by atoms with Crippen LogP contribution >= 0.6 is 22.6 Å². The van der Waals surface area contributed by atoms with Crippen LogP contribution in [-0.2, 0) is 4.79 Å². The van der Waals surface area contributed by atoms with Crippen LogP contribution in [0.3, 0.4) is 0 Å². The minimum absolute atomic E-state index is 0.0364. The Labute approximate surface area is 95.9 Å². The van der Waals surface area contributed by atoms with Gasteiger partial charge in [0, 0.05) is 0 Å². The molecule has 14 heavy (non-hydrogen) atoms. The molecule has 1 aliphatic heterocycles. The van der Waals surface area contributed by atoms with Crippen LogP contribution in [0.2, 0.25) is 0 Å². The first-order chi connectivity index (χ1) is 6.70. The van der Waals surface area contributed by atoms with Crippen molar-refractivity contribution in [3.63, 3.8) is 0 Å². The van der Waals surface area contributed by atoms with E-state index in [1.807, 2.05) is 37.3 Å². The van der Waals surface area contributed by atoms with Gasteiger partial charge in [-0.2, -0.15) is 10.1 Å². The fourth-order valence-electron chi connectivity index (χ4n) is 1.30. The molecule has 1 aromatic rings. The zero-order valence-electron chi connectivity index (χ0n) is 7.64. The van der Waals surface area contributed by atoms with E-state index in [9.17, 15) is 4.79 Å². The third-order valence-corrected chi connectivity index (χ3v) is 3.48. The van der Waals surface area contributed by atoms with Gasteiger partial charge >= 0.3 is 0 Å². The summed E-state index contributed by atoms with van der Waals surface area (Å²) in [7, 11) is 0. The predicted octanol–water partition coefficient (Wildman–Crippen LogP) is 2.21. The van der Waals surface area contributed by atoms with Crippen molar-refractivity contribution in [1.82, 2.24) is 0 Å². The van der Waals surface area contributed by atoms with E-state index in [0.717, 1.165) is 11.4 Å². The Kier molecular flexibility index (Phi) is 2.54. The Balaban J connectivity index is 2.35. The number of anilines is 1. The molecule has 0 bridgehead atoms. The number of rotatable bonds is 1. The summed E-state index contributed by atoms with van der Waals surface area (Å²) >= 11 is 2.10. The van der Waals surface area contributed by atoms with Gasteiger partial charge in [0.05, 0.1) is 11.4 Å². The SMILES string of the molecule is CC1=NN(c2ccccc2)C(=O)C1I. The number of amides is 1. The van der Waals surface area contributed by atoms with E-state index in [1.165, 1.54) is 5.01 Å². The number of nitrogens with zero attached hydrogens (tertiary/aromatic N) is 2. The number of hydrogen-bond acceptors (Lipinski definition) is 2. The van der Waals surface area contributed by atoms with Crippen LogP contribution in [0.15, 0.2) is 35.4 Å². The number of hydrogen-bond donors (Lipinski definition) is 0. The topological polar surface area (TPSA) is 32.7 Å². The molecular weight excluding hydrogens is 291 g/mol. The van der Waals surface area contributed by atoms with Crippen molar-refractivity contribution in [2.24, 2.45) is 5.10 Å². The molecule has 2 rings (SSSR count). The third-order valence-electron chi connectivity index (χ3n) is 2.05. The summed E-state index contributed by atoms with van der Waals surface area (Å²) in [4.78, 5) is 11.7. The maximum absolute atomic E-state index is 11.7. The zero-order chi connectivity index (χ0) is 10.1. The first kappa shape index (κ1) is 9.64. The van der Waals surface area contributed by atoms with Gasteiger partial charge in [-0.25, -0.2) is 0 Å². The van der Waals surface area contributed by atoms with Crippen molar-refractivity contribution in [2.45, 2.75) is 10.8 Å². The standard InChI is InChI=1S/C10H9IN2O/c1-7-9(11)10(14)13(12-7)8-5-3-2-4-6-8/h2-6,9H,1H3. The van der Waals surface area contributed by atoms with Crippen molar-refractivity contribution in [2.75, 3.05) is 5.01 Å². The highest BCUT2D eigenvalue weighted by Gasteiger charge is 2.31. The molecule has 72 valence electrons. The van der Waals surface area contributed by atoms with Crippen molar-refractivity contribution in [3.8, 4) is 0 Å². The molecular formula is C10H9IN2O. The van der Waals surface area contributed by atoms with E-state index >= 15 is 0 Å². The number of para-hydroxylation sites is 1. The number of alkyl halides is 1. The summed E-state index contributed by atoms with van der Waals surface area (Å²) in [5.41, 5.74) is 1.69. The Morgan fingerprint density at radius 2 is 2.00 bits per heavy atom. The number of carbonyl (C=O) groups excluding carboxylic acids is 1. The van der Waals surface area contributed by atoms with E-state index in [-0.39, 0.29) is 9.83 Å². The first-order valence-corrected chi connectivity index (χ1v) is 5.53. The first-order valence-electron chi connectivity index (χ1n) is 4.28. The summed E-state index contributed by atoms with van der Waals surface area (Å²) in [5.74, 6) is 0.0364. The molecule has 4 heteroatoms. The van der Waals surface area contributed by atoms with Crippen molar-refractivity contribution >= 4 is 39.9 Å². The summed E-state index contributed by atoms with van der Waals surface area (Å²) in [6.45, 7) is 1.87. The lowest BCUT2D eigenvalue weighted by Crippen LogP contribution is -2.26. The molecule has 3 nitrogen and oxygen atoms in total. The van der Waals surface area contributed by atoms with E-state index < -0.39 is 0 Å². The predicted molar refractivity (Wildman–Crippen MR) is 64.8 cm³/mol. The van der Waals surface area contributed by atoms with Gasteiger partial charge in [-0.1, -0.05) is 40.8 Å². The second-order valence-corrected chi connectivity index (χ2v) is 4.34. The van der Waals surface area contributed by atoms with Crippen molar-refractivity contribution in [1.29, 1.82) is 0 Å². The molecule has 1 amide bonds. The maximum Gasteiger partial charge on any atom is 0.266 e. The van der Waals surface area contributed by atoms with Gasteiger partial charge in [0.2, 0.25) is 0 Å². The van der Waals surface area contributed by atoms with Crippen LogP contribution in [0, 0.1) is 0 Å². The highest BCUT2D eigenvalue weighted by atomic mass is 127. The van der Waals surface area contributed by atoms with E-state index in [2.05, 4.69) is 27.7 Å². The minimum atomic E-state index is -0.118. The van der Waals surface area contributed by atoms with Crippen LogP contribution in [0.25, 0.3) is 0 Å². The van der Waals surface area contributed by atoms with Crippen molar-refractivity contribution in [3.05, 3.63) is 30.3 Å². The molecule has 1 heterocycles. The molecule has 0 radical (unpaired) electrons. The summed E-state index contributed by atoms with van der Waals surface area (Å²) in [6, 6.07) is 9.47. The zero-order valence-corrected chi connectivity index (χ0v) is 9.80. The molecule has 1 aromatic carbocycles. The van der Waals surface area contributed by atoms with Gasteiger partial charge in [0.1, 0.15) is 3.92 Å². The third kappa shape index (κ3) is 1.54. The molecule has 0 spiro atoms. The smallest absolute Gasteiger partial charge is 0.266 e. The molecule has 0 aromatic heterocycles.